The van der Waals surface area contributed by atoms with Crippen LogP contribution in [0.5, 0.6) is 0 Å². The van der Waals surface area contributed by atoms with E-state index < -0.39 is 5.60 Å². The number of fused-ring (bicyclic) bond motifs is 1. The number of aryl methyl sites for hydroxylation is 1. The number of hydrogen-bond acceptors (Lipinski definition) is 4. The zero-order valence-corrected chi connectivity index (χ0v) is 15.4. The van der Waals surface area contributed by atoms with Gasteiger partial charge in [0.25, 0.3) is 5.56 Å². The monoisotopic (exact) mass is 363 g/mol. The van der Waals surface area contributed by atoms with E-state index in [-0.39, 0.29) is 11.7 Å². The van der Waals surface area contributed by atoms with Crippen LogP contribution in [0.2, 0.25) is 5.15 Å². The summed E-state index contributed by atoms with van der Waals surface area (Å²) in [4.78, 5) is 29.9. The molecule has 0 saturated carbocycles. The van der Waals surface area contributed by atoms with E-state index in [0.29, 0.717) is 30.7 Å². The smallest absolute Gasteiger partial charge is 0.410 e. The average molecular weight is 364 g/mol. The topological polar surface area (TPSA) is 64.4 Å². The van der Waals surface area contributed by atoms with Crippen molar-refractivity contribution < 1.29 is 9.53 Å². The minimum atomic E-state index is -0.480. The van der Waals surface area contributed by atoms with Crippen LogP contribution in [0.1, 0.15) is 27.2 Å². The molecule has 1 saturated heterocycles. The molecule has 7 heteroatoms. The summed E-state index contributed by atoms with van der Waals surface area (Å²) in [6.45, 7) is 7.48. The Labute approximate surface area is 151 Å². The Morgan fingerprint density at radius 1 is 1.36 bits per heavy atom. The molecule has 1 amide bonds. The Morgan fingerprint density at radius 3 is 2.76 bits per heavy atom. The van der Waals surface area contributed by atoms with E-state index in [1.807, 2.05) is 20.8 Å². The van der Waals surface area contributed by atoms with Crippen molar-refractivity contribution in [2.24, 2.45) is 5.92 Å². The predicted octanol–water partition coefficient (Wildman–Crippen LogP) is 3.31. The Hall–Kier alpha value is -2.08. The molecule has 6 nitrogen and oxygen atoms in total. The second kappa shape index (κ2) is 6.67. The molecule has 0 aliphatic carbocycles. The fraction of sp³-hybridized carbons (Fsp3) is 0.500. The maximum Gasteiger partial charge on any atom is 0.410 e. The van der Waals surface area contributed by atoms with Gasteiger partial charge in [-0.05, 0) is 45.2 Å². The molecule has 0 aromatic carbocycles. The SMILES string of the molecule is CC(C)(C)OC(=O)N1CC(CCn2c(=O)ccc3cnc(Cl)cc32)C1. The molecular weight excluding hydrogens is 342 g/mol. The van der Waals surface area contributed by atoms with Crippen molar-refractivity contribution >= 4 is 28.6 Å². The molecule has 25 heavy (non-hydrogen) atoms. The van der Waals surface area contributed by atoms with Crippen LogP contribution in [-0.2, 0) is 11.3 Å². The summed E-state index contributed by atoms with van der Waals surface area (Å²) in [5.41, 5.74) is 0.250. The first-order valence-electron chi connectivity index (χ1n) is 8.36. The molecule has 0 spiro atoms. The normalized spacial score (nSPS) is 15.3. The van der Waals surface area contributed by atoms with Crippen molar-refractivity contribution in [2.75, 3.05) is 13.1 Å². The van der Waals surface area contributed by atoms with E-state index in [1.165, 1.54) is 0 Å². The zero-order chi connectivity index (χ0) is 18.2. The number of ether oxygens (including phenoxy) is 1. The number of rotatable bonds is 3. The van der Waals surface area contributed by atoms with Crippen molar-refractivity contribution in [3.05, 3.63) is 39.9 Å². The van der Waals surface area contributed by atoms with E-state index in [1.54, 1.807) is 33.9 Å². The molecule has 2 aromatic rings. The van der Waals surface area contributed by atoms with Gasteiger partial charge in [-0.3, -0.25) is 4.79 Å². The molecule has 0 N–H and O–H groups in total. The maximum absolute atomic E-state index is 12.2. The van der Waals surface area contributed by atoms with Crippen molar-refractivity contribution in [1.29, 1.82) is 0 Å². The lowest BCUT2D eigenvalue weighted by atomic mass is 9.97. The highest BCUT2D eigenvalue weighted by atomic mass is 35.5. The third-order valence-electron chi connectivity index (χ3n) is 4.21. The third-order valence-corrected chi connectivity index (χ3v) is 4.42. The number of carbonyl (C=O) groups excluding carboxylic acids is 1. The lowest BCUT2D eigenvalue weighted by Crippen LogP contribution is -2.51. The van der Waals surface area contributed by atoms with Crippen molar-refractivity contribution in [3.63, 3.8) is 0 Å². The van der Waals surface area contributed by atoms with Gasteiger partial charge in [-0.2, -0.15) is 0 Å². The number of likely N-dealkylation sites (tertiary alicyclic amines) is 1. The Kier molecular flexibility index (Phi) is 4.73. The van der Waals surface area contributed by atoms with Gasteiger partial charge >= 0.3 is 6.09 Å². The number of hydrogen-bond donors (Lipinski definition) is 0. The summed E-state index contributed by atoms with van der Waals surface area (Å²) >= 11 is 5.97. The highest BCUT2D eigenvalue weighted by Crippen LogP contribution is 2.23. The van der Waals surface area contributed by atoms with Gasteiger partial charge in [0.1, 0.15) is 10.8 Å². The van der Waals surface area contributed by atoms with E-state index >= 15 is 0 Å². The van der Waals surface area contributed by atoms with Crippen molar-refractivity contribution in [1.82, 2.24) is 14.5 Å². The summed E-state index contributed by atoms with van der Waals surface area (Å²) in [5, 5.41) is 1.25. The van der Waals surface area contributed by atoms with Gasteiger partial charge in [0.2, 0.25) is 0 Å². The summed E-state index contributed by atoms with van der Waals surface area (Å²) in [6, 6.07) is 5.02. The first-order chi connectivity index (χ1) is 11.7. The first-order valence-corrected chi connectivity index (χ1v) is 8.74. The minimum absolute atomic E-state index is 0.0573. The highest BCUT2D eigenvalue weighted by molar-refractivity contribution is 6.29. The van der Waals surface area contributed by atoms with Crippen LogP contribution in [0.15, 0.2) is 29.2 Å². The highest BCUT2D eigenvalue weighted by Gasteiger charge is 2.33. The van der Waals surface area contributed by atoms with Gasteiger partial charge in [0.15, 0.2) is 0 Å². The van der Waals surface area contributed by atoms with Crippen LogP contribution >= 0.6 is 11.6 Å². The van der Waals surface area contributed by atoms with Gasteiger partial charge in [-0.1, -0.05) is 11.6 Å². The summed E-state index contributed by atoms with van der Waals surface area (Å²) in [6.07, 6.45) is 2.21. The number of halogens is 1. The number of nitrogens with zero attached hydrogens (tertiary/aromatic N) is 3. The number of amides is 1. The Balaban J connectivity index is 1.62. The van der Waals surface area contributed by atoms with Crippen LogP contribution in [0.4, 0.5) is 4.79 Å². The summed E-state index contributed by atoms with van der Waals surface area (Å²) in [7, 11) is 0. The van der Waals surface area contributed by atoms with Gasteiger partial charge in [-0.25, -0.2) is 9.78 Å². The number of pyridine rings is 2. The standard InChI is InChI=1S/C18H22ClN3O3/c1-18(2,3)25-17(24)21-10-12(11-21)6-7-22-14-8-15(19)20-9-13(14)4-5-16(22)23/h4-5,8-9,12H,6-7,10-11H2,1-3H3. The molecule has 1 aliphatic heterocycles. The van der Waals surface area contributed by atoms with Gasteiger partial charge in [0, 0.05) is 37.3 Å². The summed E-state index contributed by atoms with van der Waals surface area (Å²) < 4.78 is 7.07. The minimum Gasteiger partial charge on any atom is -0.444 e. The van der Waals surface area contributed by atoms with E-state index in [2.05, 4.69) is 4.98 Å². The lowest BCUT2D eigenvalue weighted by Gasteiger charge is -2.40. The molecule has 2 aromatic heterocycles. The molecule has 1 fully saturated rings. The van der Waals surface area contributed by atoms with Crippen LogP contribution in [0, 0.1) is 5.92 Å². The quantitative estimate of drug-likeness (QED) is 0.785. The molecule has 1 aliphatic rings. The van der Waals surface area contributed by atoms with E-state index in [9.17, 15) is 9.59 Å². The van der Waals surface area contributed by atoms with Gasteiger partial charge in [0.05, 0.1) is 5.52 Å². The fourth-order valence-corrected chi connectivity index (χ4v) is 3.09. The average Bonchev–Trinajstić information content (AvgIpc) is 2.45. The van der Waals surface area contributed by atoms with Crippen LogP contribution in [0.3, 0.4) is 0 Å². The lowest BCUT2D eigenvalue weighted by molar-refractivity contribution is -0.00264. The van der Waals surface area contributed by atoms with Crippen molar-refractivity contribution in [3.8, 4) is 0 Å². The second-order valence-corrected chi connectivity index (χ2v) is 7.82. The van der Waals surface area contributed by atoms with Gasteiger partial charge < -0.3 is 14.2 Å². The molecular formula is C18H22ClN3O3. The second-order valence-electron chi connectivity index (χ2n) is 7.43. The Morgan fingerprint density at radius 2 is 2.08 bits per heavy atom. The molecule has 0 radical (unpaired) electrons. The number of carbonyl (C=O) groups is 1. The molecule has 0 bridgehead atoms. The molecule has 0 atom stereocenters. The summed E-state index contributed by atoms with van der Waals surface area (Å²) in [5.74, 6) is 0.368. The first kappa shape index (κ1) is 17.7. The predicted molar refractivity (Wildman–Crippen MR) is 96.9 cm³/mol. The molecule has 134 valence electrons. The third kappa shape index (κ3) is 4.12. The van der Waals surface area contributed by atoms with E-state index in [0.717, 1.165) is 17.3 Å². The molecule has 3 heterocycles. The number of aromatic nitrogens is 2. The van der Waals surface area contributed by atoms with Gasteiger partial charge in [-0.15, -0.1) is 0 Å². The van der Waals surface area contributed by atoms with Crippen LogP contribution in [0.25, 0.3) is 10.9 Å². The zero-order valence-electron chi connectivity index (χ0n) is 14.7. The maximum atomic E-state index is 12.2. The fourth-order valence-electron chi connectivity index (χ4n) is 2.93. The Bertz CT molecular complexity index is 851. The largest absolute Gasteiger partial charge is 0.444 e. The molecule has 0 unspecified atom stereocenters. The molecule has 3 rings (SSSR count). The van der Waals surface area contributed by atoms with Crippen LogP contribution < -0.4 is 5.56 Å². The van der Waals surface area contributed by atoms with E-state index in [4.69, 9.17) is 16.3 Å². The van der Waals surface area contributed by atoms with Crippen molar-refractivity contribution in [2.45, 2.75) is 39.3 Å². The van der Waals surface area contributed by atoms with Crippen LogP contribution in [-0.4, -0.2) is 39.2 Å².